The molecule has 1 aromatic heterocycles. The lowest BCUT2D eigenvalue weighted by molar-refractivity contribution is -0.121. The van der Waals surface area contributed by atoms with Crippen molar-refractivity contribution in [1.82, 2.24) is 4.98 Å². The fourth-order valence-corrected chi connectivity index (χ4v) is 3.43. The second kappa shape index (κ2) is 8.48. The summed E-state index contributed by atoms with van der Waals surface area (Å²) in [5, 5.41) is 2.85. The van der Waals surface area contributed by atoms with Crippen molar-refractivity contribution in [3.05, 3.63) is 42.1 Å². The Hall–Kier alpha value is -3.13. The Morgan fingerprint density at radius 2 is 2.03 bits per heavy atom. The van der Waals surface area contributed by atoms with Crippen molar-refractivity contribution in [3.8, 4) is 5.75 Å². The van der Waals surface area contributed by atoms with Gasteiger partial charge in [-0.15, -0.1) is 0 Å². The minimum absolute atomic E-state index is 0.00932. The van der Waals surface area contributed by atoms with Crippen molar-refractivity contribution >= 4 is 29.0 Å². The van der Waals surface area contributed by atoms with E-state index in [1.807, 2.05) is 37.3 Å². The number of aryl methyl sites for hydroxylation is 1. The van der Waals surface area contributed by atoms with Crippen molar-refractivity contribution in [1.29, 1.82) is 0 Å². The van der Waals surface area contributed by atoms with E-state index in [4.69, 9.17) is 9.47 Å². The summed E-state index contributed by atoms with van der Waals surface area (Å²) in [6.07, 6.45) is 1.84. The van der Waals surface area contributed by atoms with Crippen LogP contribution in [0.5, 0.6) is 5.75 Å². The molecule has 29 heavy (non-hydrogen) atoms. The molecule has 1 N–H and O–H groups in total. The van der Waals surface area contributed by atoms with Crippen LogP contribution in [0.1, 0.15) is 12.0 Å². The standard InChI is InChI=1S/C21H24N4O4/c1-15-2-4-18-17(12-15)25(21(27)14-29-18)7-6-20(26)23-16-3-5-19(22-13-16)24-8-10-28-11-9-24/h2-5,12-13H,6-11,14H2,1H3,(H,23,26). The van der Waals surface area contributed by atoms with Gasteiger partial charge in [-0.2, -0.15) is 0 Å². The topological polar surface area (TPSA) is 84.0 Å². The van der Waals surface area contributed by atoms with Crippen LogP contribution in [0.2, 0.25) is 0 Å². The molecule has 8 nitrogen and oxygen atoms in total. The van der Waals surface area contributed by atoms with Gasteiger partial charge in [-0.3, -0.25) is 9.59 Å². The molecule has 0 atom stereocenters. The molecule has 2 aliphatic heterocycles. The molecule has 0 bridgehead atoms. The number of morpholine rings is 1. The fourth-order valence-electron chi connectivity index (χ4n) is 3.43. The molecule has 1 aromatic carbocycles. The van der Waals surface area contributed by atoms with Crippen LogP contribution in [0.4, 0.5) is 17.2 Å². The number of hydrogen-bond donors (Lipinski definition) is 1. The van der Waals surface area contributed by atoms with Gasteiger partial charge in [0.1, 0.15) is 11.6 Å². The van der Waals surface area contributed by atoms with E-state index in [-0.39, 0.29) is 24.8 Å². The van der Waals surface area contributed by atoms with Gasteiger partial charge in [0, 0.05) is 26.1 Å². The van der Waals surface area contributed by atoms with E-state index in [1.54, 1.807) is 11.1 Å². The number of nitrogens with zero attached hydrogens (tertiary/aromatic N) is 3. The number of amides is 2. The van der Waals surface area contributed by atoms with Crippen LogP contribution in [0.3, 0.4) is 0 Å². The zero-order chi connectivity index (χ0) is 20.2. The molecule has 1 fully saturated rings. The first-order valence-electron chi connectivity index (χ1n) is 9.72. The Labute approximate surface area is 169 Å². The number of rotatable bonds is 5. The minimum Gasteiger partial charge on any atom is -0.482 e. The molecule has 4 rings (SSSR count). The van der Waals surface area contributed by atoms with Crippen LogP contribution in [0, 0.1) is 6.92 Å². The third-order valence-corrected chi connectivity index (χ3v) is 4.99. The summed E-state index contributed by atoms with van der Waals surface area (Å²) < 4.78 is 10.8. The third-order valence-electron chi connectivity index (χ3n) is 4.99. The summed E-state index contributed by atoms with van der Waals surface area (Å²) in [7, 11) is 0. The molecule has 3 heterocycles. The molecular formula is C21H24N4O4. The molecular weight excluding hydrogens is 372 g/mol. The lowest BCUT2D eigenvalue weighted by atomic mass is 10.1. The molecule has 8 heteroatoms. The molecule has 0 saturated carbocycles. The predicted octanol–water partition coefficient (Wildman–Crippen LogP) is 1.98. The fraction of sp³-hybridized carbons (Fsp3) is 0.381. The summed E-state index contributed by atoms with van der Waals surface area (Å²) in [6, 6.07) is 9.43. The van der Waals surface area contributed by atoms with Crippen molar-refractivity contribution < 1.29 is 19.1 Å². The highest BCUT2D eigenvalue weighted by Gasteiger charge is 2.26. The maximum Gasteiger partial charge on any atom is 0.265 e. The molecule has 0 unspecified atom stereocenters. The Kier molecular flexibility index (Phi) is 5.62. The Morgan fingerprint density at radius 1 is 1.21 bits per heavy atom. The number of pyridine rings is 1. The Balaban J connectivity index is 1.34. The van der Waals surface area contributed by atoms with E-state index < -0.39 is 0 Å². The van der Waals surface area contributed by atoms with Gasteiger partial charge >= 0.3 is 0 Å². The van der Waals surface area contributed by atoms with Gasteiger partial charge in [0.25, 0.3) is 5.91 Å². The molecule has 0 radical (unpaired) electrons. The SMILES string of the molecule is Cc1ccc2c(c1)N(CCC(=O)Nc1ccc(N3CCOCC3)nc1)C(=O)CO2. The Bertz CT molecular complexity index is 894. The monoisotopic (exact) mass is 396 g/mol. The Morgan fingerprint density at radius 3 is 2.79 bits per heavy atom. The molecule has 152 valence electrons. The highest BCUT2D eigenvalue weighted by atomic mass is 16.5. The number of carbonyl (C=O) groups excluding carboxylic acids is 2. The molecule has 1 saturated heterocycles. The summed E-state index contributed by atoms with van der Waals surface area (Å²) in [5.41, 5.74) is 2.38. The normalized spacial score (nSPS) is 16.2. The van der Waals surface area contributed by atoms with Gasteiger partial charge in [0.2, 0.25) is 5.91 Å². The van der Waals surface area contributed by atoms with Crippen LogP contribution >= 0.6 is 0 Å². The first-order chi connectivity index (χ1) is 14.1. The number of carbonyl (C=O) groups is 2. The first-order valence-corrected chi connectivity index (χ1v) is 9.72. The van der Waals surface area contributed by atoms with Crippen molar-refractivity contribution in [2.24, 2.45) is 0 Å². The molecule has 2 aliphatic rings. The quantitative estimate of drug-likeness (QED) is 0.832. The zero-order valence-corrected chi connectivity index (χ0v) is 16.4. The molecule has 2 amide bonds. The van der Waals surface area contributed by atoms with Crippen LogP contribution in [0.15, 0.2) is 36.5 Å². The van der Waals surface area contributed by atoms with E-state index in [1.165, 1.54) is 0 Å². The van der Waals surface area contributed by atoms with Gasteiger partial charge in [-0.1, -0.05) is 6.07 Å². The lowest BCUT2D eigenvalue weighted by Crippen LogP contribution is -2.40. The van der Waals surface area contributed by atoms with Crippen LogP contribution in [0.25, 0.3) is 0 Å². The number of benzene rings is 1. The number of hydrogen-bond acceptors (Lipinski definition) is 6. The minimum atomic E-state index is -0.167. The number of ether oxygens (including phenoxy) is 2. The van der Waals surface area contributed by atoms with Crippen molar-refractivity contribution in [2.75, 3.05) is 54.6 Å². The van der Waals surface area contributed by atoms with Crippen molar-refractivity contribution in [2.45, 2.75) is 13.3 Å². The zero-order valence-electron chi connectivity index (χ0n) is 16.4. The maximum absolute atomic E-state index is 12.4. The summed E-state index contributed by atoms with van der Waals surface area (Å²) in [4.78, 5) is 32.9. The van der Waals surface area contributed by atoms with Crippen molar-refractivity contribution in [3.63, 3.8) is 0 Å². The first kappa shape index (κ1) is 19.2. The number of nitrogens with one attached hydrogen (secondary N) is 1. The van der Waals surface area contributed by atoms with E-state index in [0.717, 1.165) is 24.5 Å². The predicted molar refractivity (Wildman–Crippen MR) is 110 cm³/mol. The molecule has 2 aromatic rings. The van der Waals surface area contributed by atoms with E-state index >= 15 is 0 Å². The van der Waals surface area contributed by atoms with E-state index in [2.05, 4.69) is 15.2 Å². The van der Waals surface area contributed by atoms with Crippen LogP contribution < -0.4 is 19.9 Å². The third kappa shape index (κ3) is 4.48. The molecule has 0 spiro atoms. The van der Waals surface area contributed by atoms with Crippen LogP contribution in [-0.2, 0) is 14.3 Å². The largest absolute Gasteiger partial charge is 0.482 e. The van der Waals surface area contributed by atoms with Gasteiger partial charge in [0.05, 0.1) is 30.8 Å². The number of aromatic nitrogens is 1. The van der Waals surface area contributed by atoms with Gasteiger partial charge < -0.3 is 24.6 Å². The second-order valence-corrected chi connectivity index (χ2v) is 7.11. The highest BCUT2D eigenvalue weighted by Crippen LogP contribution is 2.32. The van der Waals surface area contributed by atoms with Gasteiger partial charge in [0.15, 0.2) is 6.61 Å². The van der Waals surface area contributed by atoms with Gasteiger partial charge in [-0.25, -0.2) is 4.98 Å². The second-order valence-electron chi connectivity index (χ2n) is 7.11. The smallest absolute Gasteiger partial charge is 0.265 e. The molecule has 0 aliphatic carbocycles. The van der Waals surface area contributed by atoms with E-state index in [9.17, 15) is 9.59 Å². The average Bonchev–Trinajstić information content (AvgIpc) is 2.74. The average molecular weight is 396 g/mol. The number of anilines is 3. The lowest BCUT2D eigenvalue weighted by Gasteiger charge is -2.29. The summed E-state index contributed by atoms with van der Waals surface area (Å²) >= 11 is 0. The van der Waals surface area contributed by atoms with E-state index in [0.29, 0.717) is 36.9 Å². The van der Waals surface area contributed by atoms with Gasteiger partial charge in [-0.05, 0) is 36.8 Å². The summed E-state index contributed by atoms with van der Waals surface area (Å²) in [6.45, 7) is 5.26. The summed E-state index contributed by atoms with van der Waals surface area (Å²) in [5.74, 6) is 1.22. The number of fused-ring (bicyclic) bond motifs is 1. The highest BCUT2D eigenvalue weighted by molar-refractivity contribution is 5.99. The van der Waals surface area contributed by atoms with Crippen LogP contribution in [-0.4, -0.2) is 56.3 Å². The maximum atomic E-state index is 12.4.